The van der Waals surface area contributed by atoms with E-state index in [9.17, 15) is 4.79 Å². The third-order valence-corrected chi connectivity index (χ3v) is 4.10. The summed E-state index contributed by atoms with van der Waals surface area (Å²) < 4.78 is 0. The maximum Gasteiger partial charge on any atom is 0.241 e. The molecule has 3 heteroatoms. The molecule has 1 aromatic carbocycles. The van der Waals surface area contributed by atoms with Crippen molar-refractivity contribution in [3.05, 3.63) is 29.8 Å². The van der Waals surface area contributed by atoms with Crippen LogP contribution in [0.2, 0.25) is 0 Å². The summed E-state index contributed by atoms with van der Waals surface area (Å²) in [5.41, 5.74) is 2.07. The van der Waals surface area contributed by atoms with Gasteiger partial charge in [0, 0.05) is 5.69 Å². The lowest BCUT2D eigenvalue weighted by Gasteiger charge is -2.29. The summed E-state index contributed by atoms with van der Waals surface area (Å²) >= 11 is 0. The lowest BCUT2D eigenvalue weighted by atomic mass is 10.1. The highest BCUT2D eigenvalue weighted by Crippen LogP contribution is 2.15. The summed E-state index contributed by atoms with van der Waals surface area (Å²) in [5.74, 6) is 0.108. The summed E-state index contributed by atoms with van der Waals surface area (Å²) in [7, 11) is 0. The van der Waals surface area contributed by atoms with Crippen LogP contribution in [-0.2, 0) is 4.79 Å². The number of aryl methyl sites for hydroxylation is 1. The van der Waals surface area contributed by atoms with Crippen LogP contribution in [0.5, 0.6) is 0 Å². The van der Waals surface area contributed by atoms with Crippen LogP contribution in [0.4, 0.5) is 5.69 Å². The van der Waals surface area contributed by atoms with Gasteiger partial charge in [-0.25, -0.2) is 0 Å². The number of hydrogen-bond donors (Lipinski definition) is 1. The summed E-state index contributed by atoms with van der Waals surface area (Å²) in [6, 6.07) is 7.93. The second-order valence-corrected chi connectivity index (χ2v) is 5.84. The molecule has 0 saturated carbocycles. The Morgan fingerprint density at radius 2 is 1.80 bits per heavy atom. The second kappa shape index (κ2) is 7.44. The number of carbonyl (C=O) groups excluding carboxylic acids is 1. The first-order chi connectivity index (χ1) is 9.66. The summed E-state index contributed by atoms with van der Waals surface area (Å²) in [5, 5.41) is 3.04. The Morgan fingerprint density at radius 3 is 2.45 bits per heavy atom. The molecule has 3 nitrogen and oxygen atoms in total. The number of likely N-dealkylation sites (tertiary alicyclic amines) is 1. The fraction of sp³-hybridized carbons (Fsp3) is 0.588. The molecule has 1 unspecified atom stereocenters. The van der Waals surface area contributed by atoms with Gasteiger partial charge in [0.2, 0.25) is 5.91 Å². The van der Waals surface area contributed by atoms with Crippen LogP contribution in [0.1, 0.15) is 44.6 Å². The van der Waals surface area contributed by atoms with Gasteiger partial charge in [-0.05, 0) is 57.5 Å². The predicted octanol–water partition coefficient (Wildman–Crippen LogP) is 3.59. The molecule has 20 heavy (non-hydrogen) atoms. The largest absolute Gasteiger partial charge is 0.325 e. The Labute approximate surface area is 122 Å². The zero-order valence-corrected chi connectivity index (χ0v) is 12.7. The van der Waals surface area contributed by atoms with E-state index in [-0.39, 0.29) is 11.9 Å². The molecule has 0 bridgehead atoms. The number of carbonyl (C=O) groups is 1. The minimum absolute atomic E-state index is 0.0476. The molecular formula is C17H26N2O. The van der Waals surface area contributed by atoms with Crippen molar-refractivity contribution in [2.45, 2.75) is 52.0 Å². The van der Waals surface area contributed by atoms with Gasteiger partial charge in [-0.3, -0.25) is 9.69 Å². The van der Waals surface area contributed by atoms with Gasteiger partial charge in [0.05, 0.1) is 6.04 Å². The molecule has 0 aromatic heterocycles. The van der Waals surface area contributed by atoms with E-state index in [0.717, 1.165) is 18.8 Å². The Hall–Kier alpha value is -1.35. The molecule has 1 aromatic rings. The van der Waals surface area contributed by atoms with E-state index in [4.69, 9.17) is 0 Å². The van der Waals surface area contributed by atoms with Gasteiger partial charge in [0.15, 0.2) is 0 Å². The Morgan fingerprint density at radius 1 is 1.15 bits per heavy atom. The molecule has 1 N–H and O–H groups in total. The van der Waals surface area contributed by atoms with Crippen molar-refractivity contribution in [3.8, 4) is 0 Å². The molecule has 2 rings (SSSR count). The lowest BCUT2D eigenvalue weighted by Crippen LogP contribution is -2.43. The van der Waals surface area contributed by atoms with Crippen molar-refractivity contribution < 1.29 is 4.79 Å². The highest BCUT2D eigenvalue weighted by atomic mass is 16.2. The summed E-state index contributed by atoms with van der Waals surface area (Å²) in [4.78, 5) is 14.7. The molecule has 1 saturated heterocycles. The maximum atomic E-state index is 12.4. The smallest absolute Gasteiger partial charge is 0.241 e. The first kappa shape index (κ1) is 15.0. The van der Waals surface area contributed by atoms with E-state index < -0.39 is 0 Å². The third kappa shape index (κ3) is 4.34. The number of rotatable bonds is 3. The number of nitrogens with zero attached hydrogens (tertiary/aromatic N) is 1. The number of hydrogen-bond acceptors (Lipinski definition) is 2. The van der Waals surface area contributed by atoms with E-state index in [1.165, 1.54) is 37.7 Å². The van der Waals surface area contributed by atoms with Crippen LogP contribution in [0.3, 0.4) is 0 Å². The average Bonchev–Trinajstić information content (AvgIpc) is 2.37. The first-order valence-corrected chi connectivity index (χ1v) is 7.78. The normalized spacial score (nSPS) is 18.9. The second-order valence-electron chi connectivity index (χ2n) is 5.84. The Bertz CT molecular complexity index is 436. The Kier molecular flexibility index (Phi) is 5.60. The van der Waals surface area contributed by atoms with Gasteiger partial charge in [0.1, 0.15) is 0 Å². The number of nitrogens with one attached hydrogen (secondary N) is 1. The zero-order chi connectivity index (χ0) is 14.4. The SMILES string of the molecule is Cc1cccc(NC(=O)C(C)N2CCCCCCC2)c1. The van der Waals surface area contributed by atoms with Crippen molar-refractivity contribution >= 4 is 11.6 Å². The van der Waals surface area contributed by atoms with Gasteiger partial charge in [0.25, 0.3) is 0 Å². The summed E-state index contributed by atoms with van der Waals surface area (Å²) in [6.45, 7) is 6.15. The highest BCUT2D eigenvalue weighted by molar-refractivity contribution is 5.94. The zero-order valence-electron chi connectivity index (χ0n) is 12.7. The highest BCUT2D eigenvalue weighted by Gasteiger charge is 2.21. The van der Waals surface area contributed by atoms with Crippen LogP contribution < -0.4 is 5.32 Å². The predicted molar refractivity (Wildman–Crippen MR) is 83.9 cm³/mol. The molecule has 0 aliphatic carbocycles. The van der Waals surface area contributed by atoms with Crippen LogP contribution in [0.25, 0.3) is 0 Å². The van der Waals surface area contributed by atoms with Crippen LogP contribution in [0, 0.1) is 6.92 Å². The molecule has 1 fully saturated rings. The number of benzene rings is 1. The molecule has 0 spiro atoms. The quantitative estimate of drug-likeness (QED) is 0.913. The number of amides is 1. The van der Waals surface area contributed by atoms with Gasteiger partial charge in [-0.15, -0.1) is 0 Å². The summed E-state index contributed by atoms with van der Waals surface area (Å²) in [6.07, 6.45) is 6.35. The average molecular weight is 274 g/mol. The fourth-order valence-corrected chi connectivity index (χ4v) is 2.79. The van der Waals surface area contributed by atoms with E-state index in [1.807, 2.05) is 38.1 Å². The molecule has 1 amide bonds. The maximum absolute atomic E-state index is 12.4. The van der Waals surface area contributed by atoms with Crippen molar-refractivity contribution in [1.29, 1.82) is 0 Å². The van der Waals surface area contributed by atoms with Crippen LogP contribution >= 0.6 is 0 Å². The fourth-order valence-electron chi connectivity index (χ4n) is 2.79. The van der Waals surface area contributed by atoms with Gasteiger partial charge in [-0.1, -0.05) is 31.4 Å². The van der Waals surface area contributed by atoms with Crippen LogP contribution in [0.15, 0.2) is 24.3 Å². The van der Waals surface area contributed by atoms with E-state index in [2.05, 4.69) is 10.2 Å². The number of anilines is 1. The van der Waals surface area contributed by atoms with Crippen molar-refractivity contribution in [2.24, 2.45) is 0 Å². The van der Waals surface area contributed by atoms with Crippen LogP contribution in [-0.4, -0.2) is 29.9 Å². The molecular weight excluding hydrogens is 248 g/mol. The van der Waals surface area contributed by atoms with Gasteiger partial charge in [-0.2, -0.15) is 0 Å². The molecule has 1 atom stereocenters. The van der Waals surface area contributed by atoms with E-state index >= 15 is 0 Å². The monoisotopic (exact) mass is 274 g/mol. The Balaban J connectivity index is 1.93. The molecule has 0 radical (unpaired) electrons. The van der Waals surface area contributed by atoms with E-state index in [1.54, 1.807) is 0 Å². The minimum atomic E-state index is -0.0476. The van der Waals surface area contributed by atoms with Gasteiger partial charge >= 0.3 is 0 Å². The first-order valence-electron chi connectivity index (χ1n) is 7.78. The van der Waals surface area contributed by atoms with Gasteiger partial charge < -0.3 is 5.32 Å². The lowest BCUT2D eigenvalue weighted by molar-refractivity contribution is -0.120. The molecule has 1 aliphatic rings. The topological polar surface area (TPSA) is 32.3 Å². The third-order valence-electron chi connectivity index (χ3n) is 4.10. The molecule has 1 aliphatic heterocycles. The van der Waals surface area contributed by atoms with Crippen molar-refractivity contribution in [3.63, 3.8) is 0 Å². The molecule has 110 valence electrons. The molecule has 1 heterocycles. The minimum Gasteiger partial charge on any atom is -0.325 e. The van der Waals surface area contributed by atoms with Crippen molar-refractivity contribution in [2.75, 3.05) is 18.4 Å². The van der Waals surface area contributed by atoms with E-state index in [0.29, 0.717) is 0 Å². The standard InChI is InChI=1S/C17H26N2O/c1-14-9-8-10-16(13-14)18-17(20)15(2)19-11-6-4-3-5-7-12-19/h8-10,13,15H,3-7,11-12H2,1-2H3,(H,18,20). The van der Waals surface area contributed by atoms with Crippen molar-refractivity contribution in [1.82, 2.24) is 4.90 Å².